The van der Waals surface area contributed by atoms with Gasteiger partial charge in [0.1, 0.15) is 0 Å². The first-order valence-corrected chi connectivity index (χ1v) is 4.34. The quantitative estimate of drug-likeness (QED) is 0.634. The SMILES string of the molecule is O.ONCCc1c[nH]c2ccccc12. The molecule has 0 aliphatic carbocycles. The van der Waals surface area contributed by atoms with E-state index >= 15 is 0 Å². The number of hydrogen-bond acceptors (Lipinski definition) is 2. The maximum Gasteiger partial charge on any atom is 0.0456 e. The highest BCUT2D eigenvalue weighted by molar-refractivity contribution is 5.82. The molecule has 2 rings (SSSR count). The van der Waals surface area contributed by atoms with Crippen molar-refractivity contribution in [1.82, 2.24) is 10.5 Å². The van der Waals surface area contributed by atoms with E-state index in [1.165, 1.54) is 10.9 Å². The molecule has 0 spiro atoms. The maximum absolute atomic E-state index is 8.48. The van der Waals surface area contributed by atoms with Crippen LogP contribution in [0.4, 0.5) is 0 Å². The number of benzene rings is 1. The van der Waals surface area contributed by atoms with Crippen molar-refractivity contribution in [3.63, 3.8) is 0 Å². The number of hydroxylamine groups is 1. The van der Waals surface area contributed by atoms with Crippen LogP contribution >= 0.6 is 0 Å². The van der Waals surface area contributed by atoms with E-state index in [9.17, 15) is 0 Å². The van der Waals surface area contributed by atoms with Gasteiger partial charge in [-0.25, -0.2) is 5.48 Å². The highest BCUT2D eigenvalue weighted by atomic mass is 16.5. The van der Waals surface area contributed by atoms with Gasteiger partial charge in [0, 0.05) is 23.6 Å². The van der Waals surface area contributed by atoms with Gasteiger partial charge in [-0.05, 0) is 18.1 Å². The zero-order valence-corrected chi connectivity index (χ0v) is 7.75. The molecule has 4 heteroatoms. The van der Waals surface area contributed by atoms with Gasteiger partial charge in [-0.1, -0.05) is 18.2 Å². The molecule has 2 aromatic rings. The van der Waals surface area contributed by atoms with E-state index < -0.39 is 0 Å². The van der Waals surface area contributed by atoms with Crippen molar-refractivity contribution in [3.8, 4) is 0 Å². The topological polar surface area (TPSA) is 79.6 Å². The molecule has 0 fully saturated rings. The van der Waals surface area contributed by atoms with Gasteiger partial charge in [-0.2, -0.15) is 0 Å². The van der Waals surface area contributed by atoms with E-state index in [-0.39, 0.29) is 5.48 Å². The van der Waals surface area contributed by atoms with Crippen LogP contribution in [-0.4, -0.2) is 22.2 Å². The predicted octanol–water partition coefficient (Wildman–Crippen LogP) is 0.864. The van der Waals surface area contributed by atoms with Crippen LogP contribution in [0.25, 0.3) is 10.9 Å². The number of H-pyrrole nitrogens is 1. The molecule has 0 unspecified atom stereocenters. The summed E-state index contributed by atoms with van der Waals surface area (Å²) >= 11 is 0. The number of para-hydroxylation sites is 1. The van der Waals surface area contributed by atoms with Crippen LogP contribution in [0.15, 0.2) is 30.5 Å². The maximum atomic E-state index is 8.48. The van der Waals surface area contributed by atoms with Crippen molar-refractivity contribution in [3.05, 3.63) is 36.0 Å². The molecule has 0 saturated carbocycles. The third-order valence-corrected chi connectivity index (χ3v) is 2.18. The number of fused-ring (bicyclic) bond motifs is 1. The summed E-state index contributed by atoms with van der Waals surface area (Å²) in [5.74, 6) is 0. The zero-order valence-electron chi connectivity index (χ0n) is 7.75. The monoisotopic (exact) mass is 194 g/mol. The third kappa shape index (κ3) is 1.93. The first-order chi connectivity index (χ1) is 6.42. The minimum atomic E-state index is 0. The van der Waals surface area contributed by atoms with Crippen LogP contribution in [0.1, 0.15) is 5.56 Å². The lowest BCUT2D eigenvalue weighted by Gasteiger charge is -1.96. The van der Waals surface area contributed by atoms with E-state index in [1.54, 1.807) is 0 Å². The van der Waals surface area contributed by atoms with Crippen LogP contribution < -0.4 is 5.48 Å². The lowest BCUT2D eigenvalue weighted by molar-refractivity contribution is 0.168. The summed E-state index contributed by atoms with van der Waals surface area (Å²) in [4.78, 5) is 3.19. The average Bonchev–Trinajstić information content (AvgIpc) is 2.58. The van der Waals surface area contributed by atoms with Crippen molar-refractivity contribution in [2.45, 2.75) is 6.42 Å². The Bertz CT molecular complexity index is 398. The molecule has 14 heavy (non-hydrogen) atoms. The van der Waals surface area contributed by atoms with Gasteiger partial charge in [-0.3, -0.25) is 0 Å². The molecule has 0 atom stereocenters. The fourth-order valence-corrected chi connectivity index (χ4v) is 1.53. The summed E-state index contributed by atoms with van der Waals surface area (Å²) in [6, 6.07) is 8.16. The largest absolute Gasteiger partial charge is 0.412 e. The summed E-state index contributed by atoms with van der Waals surface area (Å²) in [6.07, 6.45) is 2.82. The summed E-state index contributed by atoms with van der Waals surface area (Å²) in [6.45, 7) is 0.585. The predicted molar refractivity (Wildman–Crippen MR) is 55.4 cm³/mol. The van der Waals surface area contributed by atoms with Crippen LogP contribution in [0.3, 0.4) is 0 Å². The molecule has 1 heterocycles. The Hall–Kier alpha value is -1.36. The van der Waals surface area contributed by atoms with Gasteiger partial charge in [-0.15, -0.1) is 0 Å². The lowest BCUT2D eigenvalue weighted by atomic mass is 10.1. The van der Waals surface area contributed by atoms with Crippen molar-refractivity contribution in [1.29, 1.82) is 0 Å². The van der Waals surface area contributed by atoms with E-state index in [4.69, 9.17) is 5.21 Å². The van der Waals surface area contributed by atoms with Crippen molar-refractivity contribution >= 4 is 10.9 Å². The van der Waals surface area contributed by atoms with E-state index in [1.807, 2.05) is 24.4 Å². The van der Waals surface area contributed by atoms with Gasteiger partial charge >= 0.3 is 0 Å². The Morgan fingerprint density at radius 3 is 2.86 bits per heavy atom. The summed E-state index contributed by atoms with van der Waals surface area (Å²) < 4.78 is 0. The highest BCUT2D eigenvalue weighted by Crippen LogP contribution is 2.17. The first-order valence-electron chi connectivity index (χ1n) is 4.34. The van der Waals surface area contributed by atoms with Crippen molar-refractivity contribution in [2.75, 3.05) is 6.54 Å². The van der Waals surface area contributed by atoms with Gasteiger partial charge in [0.25, 0.3) is 0 Å². The Kier molecular flexibility index (Phi) is 3.64. The third-order valence-electron chi connectivity index (χ3n) is 2.18. The molecule has 0 radical (unpaired) electrons. The van der Waals surface area contributed by atoms with Gasteiger partial charge in [0.2, 0.25) is 0 Å². The molecule has 4 nitrogen and oxygen atoms in total. The summed E-state index contributed by atoms with van der Waals surface area (Å²) in [5, 5.41) is 9.71. The average molecular weight is 194 g/mol. The number of rotatable bonds is 3. The minimum Gasteiger partial charge on any atom is -0.412 e. The number of aromatic amines is 1. The van der Waals surface area contributed by atoms with Crippen molar-refractivity contribution in [2.24, 2.45) is 0 Å². The molecule has 0 bridgehead atoms. The van der Waals surface area contributed by atoms with Crippen LogP contribution in [0.5, 0.6) is 0 Å². The van der Waals surface area contributed by atoms with Gasteiger partial charge < -0.3 is 15.7 Å². The Morgan fingerprint density at radius 2 is 2.07 bits per heavy atom. The number of aromatic nitrogens is 1. The molecule has 76 valence electrons. The summed E-state index contributed by atoms with van der Waals surface area (Å²) in [5.41, 5.74) is 4.54. The van der Waals surface area contributed by atoms with Crippen molar-refractivity contribution < 1.29 is 10.7 Å². The van der Waals surface area contributed by atoms with Crippen LogP contribution in [-0.2, 0) is 6.42 Å². The second kappa shape index (κ2) is 4.76. The number of hydrogen-bond donors (Lipinski definition) is 3. The molecule has 1 aromatic carbocycles. The Labute approximate surface area is 81.8 Å². The smallest absolute Gasteiger partial charge is 0.0456 e. The highest BCUT2D eigenvalue weighted by Gasteiger charge is 2.00. The van der Waals surface area contributed by atoms with E-state index in [2.05, 4.69) is 16.5 Å². The van der Waals surface area contributed by atoms with Crippen LogP contribution in [0, 0.1) is 0 Å². The van der Waals surface area contributed by atoms with Crippen LogP contribution in [0.2, 0.25) is 0 Å². The Morgan fingerprint density at radius 1 is 1.29 bits per heavy atom. The molecule has 0 aliphatic rings. The molecule has 0 aliphatic heterocycles. The lowest BCUT2D eigenvalue weighted by Crippen LogP contribution is -2.10. The molecule has 0 amide bonds. The van der Waals surface area contributed by atoms with E-state index in [0.717, 1.165) is 11.9 Å². The minimum absolute atomic E-state index is 0. The fraction of sp³-hybridized carbons (Fsp3) is 0.200. The standard InChI is InChI=1S/C10H12N2O.H2O/c13-12-6-5-8-7-11-10-4-2-1-3-9(8)10;/h1-4,7,11-13H,5-6H2;1H2. The molecule has 1 aromatic heterocycles. The normalized spacial score (nSPS) is 10.1. The molecular formula is C10H14N2O2. The second-order valence-corrected chi connectivity index (χ2v) is 3.02. The molecular weight excluding hydrogens is 180 g/mol. The van der Waals surface area contributed by atoms with Gasteiger partial charge in [0.15, 0.2) is 0 Å². The fourth-order valence-electron chi connectivity index (χ4n) is 1.53. The van der Waals surface area contributed by atoms with Gasteiger partial charge in [0.05, 0.1) is 0 Å². The Balaban J connectivity index is 0.000000980. The summed E-state index contributed by atoms with van der Waals surface area (Å²) in [7, 11) is 0. The van der Waals surface area contributed by atoms with E-state index in [0.29, 0.717) is 6.54 Å². The first kappa shape index (κ1) is 10.7. The molecule has 0 saturated heterocycles. The zero-order chi connectivity index (χ0) is 9.10. The molecule has 5 N–H and O–H groups in total. The second-order valence-electron chi connectivity index (χ2n) is 3.02. The number of nitrogens with one attached hydrogen (secondary N) is 2.